The Balaban J connectivity index is 1.57. The lowest BCUT2D eigenvalue weighted by atomic mass is 10.0. The van der Waals surface area contributed by atoms with Crippen LogP contribution < -0.4 is 5.32 Å². The predicted molar refractivity (Wildman–Crippen MR) is 81.6 cm³/mol. The van der Waals surface area contributed by atoms with Crippen molar-refractivity contribution >= 4 is 0 Å². The molecule has 2 aliphatic heterocycles. The van der Waals surface area contributed by atoms with Crippen LogP contribution in [-0.4, -0.2) is 87.7 Å². The van der Waals surface area contributed by atoms with Crippen LogP contribution in [0.5, 0.6) is 0 Å². The molecule has 0 amide bonds. The first-order chi connectivity index (χ1) is 9.15. The summed E-state index contributed by atoms with van der Waals surface area (Å²) < 4.78 is 0. The lowest BCUT2D eigenvalue weighted by Crippen LogP contribution is -2.50. The summed E-state index contributed by atoms with van der Waals surface area (Å²) in [4.78, 5) is 7.50. The first-order valence-electron chi connectivity index (χ1n) is 7.93. The molecule has 0 spiro atoms. The number of nitrogens with zero attached hydrogens (tertiary/aromatic N) is 3. The van der Waals surface area contributed by atoms with Crippen molar-refractivity contribution in [3.8, 4) is 0 Å². The number of hydrogen-bond donors (Lipinski definition) is 1. The van der Waals surface area contributed by atoms with Gasteiger partial charge in [-0.3, -0.25) is 0 Å². The van der Waals surface area contributed by atoms with E-state index in [1.165, 1.54) is 52.0 Å². The molecular formula is C15H32N4. The minimum atomic E-state index is 0.730. The summed E-state index contributed by atoms with van der Waals surface area (Å²) in [6.07, 6.45) is 4.07. The largest absolute Gasteiger partial charge is 0.314 e. The Morgan fingerprint density at radius 2 is 1.95 bits per heavy atom. The molecule has 0 aromatic rings. The second kappa shape index (κ2) is 7.58. The van der Waals surface area contributed by atoms with Gasteiger partial charge in [0.2, 0.25) is 0 Å². The number of nitrogens with one attached hydrogen (secondary N) is 1. The predicted octanol–water partition coefficient (Wildman–Crippen LogP) is 0.554. The molecule has 0 radical (unpaired) electrons. The van der Waals surface area contributed by atoms with E-state index in [2.05, 4.69) is 41.2 Å². The van der Waals surface area contributed by atoms with E-state index < -0.39 is 0 Å². The van der Waals surface area contributed by atoms with Crippen molar-refractivity contribution < 1.29 is 0 Å². The summed E-state index contributed by atoms with van der Waals surface area (Å²) in [5.74, 6) is 0.937. The normalized spacial score (nSPS) is 30.3. The fourth-order valence-corrected chi connectivity index (χ4v) is 3.33. The molecule has 19 heavy (non-hydrogen) atoms. The summed E-state index contributed by atoms with van der Waals surface area (Å²) in [6, 6.07) is 0.730. The average Bonchev–Trinajstić information content (AvgIpc) is 2.81. The van der Waals surface area contributed by atoms with E-state index in [4.69, 9.17) is 0 Å². The monoisotopic (exact) mass is 268 g/mol. The zero-order valence-corrected chi connectivity index (χ0v) is 13.1. The van der Waals surface area contributed by atoms with Gasteiger partial charge in [0.15, 0.2) is 0 Å². The third kappa shape index (κ3) is 5.03. The molecule has 2 saturated heterocycles. The van der Waals surface area contributed by atoms with Gasteiger partial charge in [0.25, 0.3) is 0 Å². The second-order valence-corrected chi connectivity index (χ2v) is 6.64. The van der Waals surface area contributed by atoms with Crippen LogP contribution in [0.15, 0.2) is 0 Å². The Bertz CT molecular complexity index is 259. The smallest absolute Gasteiger partial charge is 0.0230 e. The maximum Gasteiger partial charge on any atom is 0.0230 e. The molecule has 4 nitrogen and oxygen atoms in total. The third-order valence-corrected chi connectivity index (χ3v) is 4.90. The van der Waals surface area contributed by atoms with Crippen LogP contribution in [0, 0.1) is 5.92 Å². The lowest BCUT2D eigenvalue weighted by Gasteiger charge is -2.34. The maximum absolute atomic E-state index is 3.50. The first-order valence-corrected chi connectivity index (χ1v) is 7.93. The van der Waals surface area contributed by atoms with Gasteiger partial charge in [0.1, 0.15) is 0 Å². The Morgan fingerprint density at radius 3 is 2.63 bits per heavy atom. The van der Waals surface area contributed by atoms with E-state index in [1.807, 2.05) is 0 Å². The van der Waals surface area contributed by atoms with Crippen LogP contribution in [0.2, 0.25) is 0 Å². The summed E-state index contributed by atoms with van der Waals surface area (Å²) in [7, 11) is 6.80. The molecule has 2 unspecified atom stereocenters. The second-order valence-electron chi connectivity index (χ2n) is 6.64. The highest BCUT2D eigenvalue weighted by atomic mass is 15.2. The third-order valence-electron chi connectivity index (χ3n) is 4.90. The molecule has 2 aliphatic rings. The standard InChI is InChI=1S/C15H32N4/c1-17(8-4-14-5-9-18(2)13-14)10-6-15-12-16-7-11-19(15)3/h14-16H,4-13H2,1-3H3. The Morgan fingerprint density at radius 1 is 1.16 bits per heavy atom. The summed E-state index contributed by atoms with van der Waals surface area (Å²) in [5.41, 5.74) is 0. The number of likely N-dealkylation sites (N-methyl/N-ethyl adjacent to an activating group) is 1. The van der Waals surface area contributed by atoms with Gasteiger partial charge < -0.3 is 20.0 Å². The van der Waals surface area contributed by atoms with E-state index in [-0.39, 0.29) is 0 Å². The lowest BCUT2D eigenvalue weighted by molar-refractivity contribution is 0.171. The van der Waals surface area contributed by atoms with E-state index in [0.717, 1.165) is 25.0 Å². The van der Waals surface area contributed by atoms with E-state index in [9.17, 15) is 0 Å². The van der Waals surface area contributed by atoms with Gasteiger partial charge in [0.05, 0.1) is 0 Å². The van der Waals surface area contributed by atoms with E-state index in [1.54, 1.807) is 0 Å². The highest BCUT2D eigenvalue weighted by Crippen LogP contribution is 2.18. The van der Waals surface area contributed by atoms with Crippen molar-refractivity contribution in [3.63, 3.8) is 0 Å². The Labute approximate surface area is 119 Å². The molecular weight excluding hydrogens is 236 g/mol. The van der Waals surface area contributed by atoms with Crippen molar-refractivity contribution in [3.05, 3.63) is 0 Å². The van der Waals surface area contributed by atoms with Gasteiger partial charge in [-0.15, -0.1) is 0 Å². The molecule has 112 valence electrons. The summed E-state index contributed by atoms with van der Waals surface area (Å²) in [6.45, 7) is 8.62. The van der Waals surface area contributed by atoms with E-state index >= 15 is 0 Å². The SMILES string of the molecule is CN(CCC1CCN(C)C1)CCC1CNCCN1C. The molecule has 2 fully saturated rings. The van der Waals surface area contributed by atoms with Crippen LogP contribution in [0.25, 0.3) is 0 Å². The molecule has 0 aliphatic carbocycles. The summed E-state index contributed by atoms with van der Waals surface area (Å²) >= 11 is 0. The van der Waals surface area contributed by atoms with Crippen molar-refractivity contribution in [1.29, 1.82) is 0 Å². The van der Waals surface area contributed by atoms with Crippen molar-refractivity contribution in [2.75, 3.05) is 67.0 Å². The molecule has 0 aromatic heterocycles. The van der Waals surface area contributed by atoms with Gasteiger partial charge in [-0.2, -0.15) is 0 Å². The number of likely N-dealkylation sites (tertiary alicyclic amines) is 1. The zero-order chi connectivity index (χ0) is 13.7. The van der Waals surface area contributed by atoms with Crippen molar-refractivity contribution in [2.24, 2.45) is 5.92 Å². The Kier molecular flexibility index (Phi) is 6.07. The number of rotatable bonds is 6. The minimum absolute atomic E-state index is 0.730. The first kappa shape index (κ1) is 15.2. The highest BCUT2D eigenvalue weighted by molar-refractivity contribution is 4.78. The van der Waals surface area contributed by atoms with Crippen LogP contribution in [0.3, 0.4) is 0 Å². The molecule has 1 N–H and O–H groups in total. The van der Waals surface area contributed by atoms with Crippen LogP contribution in [0.4, 0.5) is 0 Å². The average molecular weight is 268 g/mol. The van der Waals surface area contributed by atoms with Gasteiger partial charge in [-0.1, -0.05) is 0 Å². The topological polar surface area (TPSA) is 21.8 Å². The summed E-state index contributed by atoms with van der Waals surface area (Å²) in [5, 5.41) is 3.50. The van der Waals surface area contributed by atoms with Gasteiger partial charge >= 0.3 is 0 Å². The van der Waals surface area contributed by atoms with Gasteiger partial charge in [-0.25, -0.2) is 0 Å². The molecule has 0 aromatic carbocycles. The molecule has 4 heteroatoms. The van der Waals surface area contributed by atoms with Crippen LogP contribution in [0.1, 0.15) is 19.3 Å². The van der Waals surface area contributed by atoms with E-state index in [0.29, 0.717) is 0 Å². The maximum atomic E-state index is 3.50. The fourth-order valence-electron chi connectivity index (χ4n) is 3.33. The fraction of sp³-hybridized carbons (Fsp3) is 1.00. The van der Waals surface area contributed by atoms with Crippen LogP contribution >= 0.6 is 0 Å². The minimum Gasteiger partial charge on any atom is -0.314 e. The molecule has 0 bridgehead atoms. The number of piperazine rings is 1. The highest BCUT2D eigenvalue weighted by Gasteiger charge is 2.21. The Hall–Kier alpha value is -0.160. The zero-order valence-electron chi connectivity index (χ0n) is 13.1. The number of hydrogen-bond acceptors (Lipinski definition) is 4. The molecule has 2 heterocycles. The quantitative estimate of drug-likeness (QED) is 0.759. The van der Waals surface area contributed by atoms with Gasteiger partial charge in [-0.05, 0) is 66.0 Å². The van der Waals surface area contributed by atoms with Gasteiger partial charge in [0, 0.05) is 32.2 Å². The van der Waals surface area contributed by atoms with Crippen molar-refractivity contribution in [1.82, 2.24) is 20.0 Å². The van der Waals surface area contributed by atoms with Crippen LogP contribution in [-0.2, 0) is 0 Å². The molecule has 2 rings (SSSR count). The molecule has 2 atom stereocenters. The van der Waals surface area contributed by atoms with Crippen molar-refractivity contribution in [2.45, 2.75) is 25.3 Å². The molecule has 0 saturated carbocycles.